The molecule has 0 unspecified atom stereocenters. The third kappa shape index (κ3) is 3.33. The molecule has 0 saturated carbocycles. The van der Waals surface area contributed by atoms with Crippen molar-refractivity contribution in [2.45, 2.75) is 19.3 Å². The maximum absolute atomic E-state index is 13.8. The van der Waals surface area contributed by atoms with Gasteiger partial charge in [-0.2, -0.15) is 0 Å². The highest BCUT2D eigenvalue weighted by Gasteiger charge is 2.21. The smallest absolute Gasteiger partial charge is 0.265 e. The SMILES string of the molecule is CN(CCCCCO)C(=O)c1sc2cccc(F)c2c1N. The van der Waals surface area contributed by atoms with Crippen LogP contribution in [0.25, 0.3) is 10.1 Å². The van der Waals surface area contributed by atoms with Crippen molar-refractivity contribution in [2.24, 2.45) is 0 Å². The van der Waals surface area contributed by atoms with Crippen LogP contribution in [0.4, 0.5) is 10.1 Å². The number of rotatable bonds is 6. The van der Waals surface area contributed by atoms with Crippen LogP contribution in [0.5, 0.6) is 0 Å². The van der Waals surface area contributed by atoms with Crippen LogP contribution in [0, 0.1) is 5.82 Å². The monoisotopic (exact) mass is 310 g/mol. The Morgan fingerprint density at radius 3 is 2.81 bits per heavy atom. The zero-order chi connectivity index (χ0) is 15.4. The lowest BCUT2D eigenvalue weighted by Gasteiger charge is -2.16. The number of hydrogen-bond donors (Lipinski definition) is 2. The topological polar surface area (TPSA) is 66.6 Å². The zero-order valence-electron chi connectivity index (χ0n) is 11.9. The number of amides is 1. The minimum Gasteiger partial charge on any atom is -0.397 e. The Hall–Kier alpha value is -1.66. The second-order valence-electron chi connectivity index (χ2n) is 4.97. The molecule has 0 fully saturated rings. The molecular weight excluding hydrogens is 291 g/mol. The van der Waals surface area contributed by atoms with Gasteiger partial charge in [-0.25, -0.2) is 4.39 Å². The largest absolute Gasteiger partial charge is 0.397 e. The fraction of sp³-hybridized carbons (Fsp3) is 0.400. The van der Waals surface area contributed by atoms with Gasteiger partial charge in [0.1, 0.15) is 10.7 Å². The molecule has 0 radical (unpaired) electrons. The molecule has 1 aromatic carbocycles. The summed E-state index contributed by atoms with van der Waals surface area (Å²) in [4.78, 5) is 14.4. The molecule has 2 rings (SSSR count). The molecule has 0 aliphatic rings. The van der Waals surface area contributed by atoms with Gasteiger partial charge in [-0.15, -0.1) is 11.3 Å². The van der Waals surface area contributed by atoms with Crippen molar-refractivity contribution in [3.8, 4) is 0 Å². The lowest BCUT2D eigenvalue weighted by molar-refractivity contribution is 0.0798. The van der Waals surface area contributed by atoms with Crippen molar-refractivity contribution < 1.29 is 14.3 Å². The Morgan fingerprint density at radius 1 is 1.38 bits per heavy atom. The molecule has 1 amide bonds. The molecule has 0 saturated heterocycles. The molecular formula is C15H19FN2O2S. The first-order valence-corrected chi connectivity index (χ1v) is 7.70. The van der Waals surface area contributed by atoms with E-state index in [0.717, 1.165) is 19.3 Å². The van der Waals surface area contributed by atoms with Crippen LogP contribution in [-0.4, -0.2) is 36.1 Å². The van der Waals surface area contributed by atoms with Gasteiger partial charge in [0.05, 0.1) is 11.1 Å². The van der Waals surface area contributed by atoms with E-state index in [9.17, 15) is 9.18 Å². The summed E-state index contributed by atoms with van der Waals surface area (Å²) in [5, 5.41) is 9.06. The van der Waals surface area contributed by atoms with Crippen molar-refractivity contribution in [1.29, 1.82) is 0 Å². The summed E-state index contributed by atoms with van der Waals surface area (Å²) in [5.74, 6) is -0.581. The molecule has 0 spiro atoms. The first-order chi connectivity index (χ1) is 10.1. The number of aliphatic hydroxyl groups is 1. The Kier molecular flexibility index (Phi) is 5.14. The van der Waals surface area contributed by atoms with Crippen molar-refractivity contribution >= 4 is 33.0 Å². The van der Waals surface area contributed by atoms with Gasteiger partial charge in [-0.1, -0.05) is 6.07 Å². The fourth-order valence-corrected chi connectivity index (χ4v) is 3.33. The second kappa shape index (κ2) is 6.87. The first kappa shape index (κ1) is 15.7. The Bertz CT molecular complexity index is 642. The number of carbonyl (C=O) groups excluding carboxylic acids is 1. The van der Waals surface area contributed by atoms with E-state index in [-0.39, 0.29) is 18.2 Å². The number of halogens is 1. The average Bonchev–Trinajstić information content (AvgIpc) is 2.81. The maximum atomic E-state index is 13.8. The lowest BCUT2D eigenvalue weighted by Crippen LogP contribution is -2.27. The predicted molar refractivity (Wildman–Crippen MR) is 84.1 cm³/mol. The van der Waals surface area contributed by atoms with E-state index in [1.54, 1.807) is 24.1 Å². The predicted octanol–water partition coefficient (Wildman–Crippen LogP) is 2.86. The molecule has 1 heterocycles. The van der Waals surface area contributed by atoms with E-state index < -0.39 is 5.82 Å². The molecule has 0 bridgehead atoms. The number of fused-ring (bicyclic) bond motifs is 1. The van der Waals surface area contributed by atoms with Crippen molar-refractivity contribution in [1.82, 2.24) is 4.90 Å². The van der Waals surface area contributed by atoms with E-state index in [4.69, 9.17) is 10.8 Å². The van der Waals surface area contributed by atoms with Crippen molar-refractivity contribution in [3.63, 3.8) is 0 Å². The van der Waals surface area contributed by atoms with Crippen LogP contribution in [0.1, 0.15) is 28.9 Å². The first-order valence-electron chi connectivity index (χ1n) is 6.89. The number of anilines is 1. The van der Waals surface area contributed by atoms with Crippen LogP contribution in [-0.2, 0) is 0 Å². The van der Waals surface area contributed by atoms with Gasteiger partial charge in [0.25, 0.3) is 5.91 Å². The number of thiophene rings is 1. The van der Waals surface area contributed by atoms with E-state index in [1.807, 2.05) is 0 Å². The normalized spacial score (nSPS) is 11.0. The van der Waals surface area contributed by atoms with Gasteiger partial charge < -0.3 is 15.7 Å². The van der Waals surface area contributed by atoms with Crippen LogP contribution >= 0.6 is 11.3 Å². The molecule has 4 nitrogen and oxygen atoms in total. The number of nitrogen functional groups attached to an aromatic ring is 1. The maximum Gasteiger partial charge on any atom is 0.265 e. The fourth-order valence-electron chi connectivity index (χ4n) is 2.20. The Labute approximate surface area is 127 Å². The molecule has 2 aromatic rings. The summed E-state index contributed by atoms with van der Waals surface area (Å²) in [5.41, 5.74) is 6.17. The van der Waals surface area contributed by atoms with Crippen LogP contribution in [0.2, 0.25) is 0 Å². The van der Waals surface area contributed by atoms with Crippen molar-refractivity contribution in [3.05, 3.63) is 28.9 Å². The molecule has 0 aliphatic heterocycles. The van der Waals surface area contributed by atoms with Gasteiger partial charge in [0.15, 0.2) is 0 Å². The summed E-state index contributed by atoms with van der Waals surface area (Å²) in [7, 11) is 1.71. The standard InChI is InChI=1S/C15H19FN2O2S/c1-18(8-3-2-4-9-19)15(20)14-13(17)12-10(16)6-5-7-11(12)21-14/h5-7,19H,2-4,8-9,17H2,1H3. The Balaban J connectivity index is 2.16. The van der Waals surface area contributed by atoms with Gasteiger partial charge in [0, 0.05) is 24.9 Å². The van der Waals surface area contributed by atoms with Crippen LogP contribution in [0.3, 0.4) is 0 Å². The van der Waals surface area contributed by atoms with Crippen LogP contribution < -0.4 is 5.73 Å². The Morgan fingerprint density at radius 2 is 2.14 bits per heavy atom. The van der Waals surface area contributed by atoms with Gasteiger partial charge >= 0.3 is 0 Å². The van der Waals surface area contributed by atoms with Gasteiger partial charge in [-0.05, 0) is 31.4 Å². The summed E-state index contributed by atoms with van der Waals surface area (Å²) >= 11 is 1.22. The number of carbonyl (C=O) groups is 1. The van der Waals surface area contributed by atoms with Gasteiger partial charge in [0.2, 0.25) is 0 Å². The quantitative estimate of drug-likeness (QED) is 0.806. The third-order valence-electron chi connectivity index (χ3n) is 3.39. The van der Waals surface area contributed by atoms with E-state index in [1.165, 1.54) is 17.4 Å². The lowest BCUT2D eigenvalue weighted by atomic mass is 10.2. The number of nitrogens with two attached hydrogens (primary N) is 1. The summed E-state index contributed by atoms with van der Waals surface area (Å²) in [6.07, 6.45) is 2.42. The molecule has 3 N–H and O–H groups in total. The average molecular weight is 310 g/mol. The number of nitrogens with zero attached hydrogens (tertiary/aromatic N) is 1. The highest BCUT2D eigenvalue weighted by Crippen LogP contribution is 2.35. The van der Waals surface area contributed by atoms with E-state index in [2.05, 4.69) is 0 Å². The molecule has 1 aromatic heterocycles. The number of unbranched alkanes of at least 4 members (excludes halogenated alkanes) is 2. The second-order valence-corrected chi connectivity index (χ2v) is 6.02. The zero-order valence-corrected chi connectivity index (χ0v) is 12.8. The molecule has 114 valence electrons. The molecule has 21 heavy (non-hydrogen) atoms. The number of aliphatic hydroxyl groups excluding tert-OH is 1. The number of benzene rings is 1. The van der Waals surface area contributed by atoms with E-state index in [0.29, 0.717) is 21.5 Å². The number of hydrogen-bond acceptors (Lipinski definition) is 4. The van der Waals surface area contributed by atoms with Crippen LogP contribution in [0.15, 0.2) is 18.2 Å². The highest BCUT2D eigenvalue weighted by atomic mass is 32.1. The molecule has 6 heteroatoms. The minimum absolute atomic E-state index is 0.167. The summed E-state index contributed by atoms with van der Waals surface area (Å²) in [6, 6.07) is 4.72. The molecule has 0 aliphatic carbocycles. The molecule has 0 atom stereocenters. The summed E-state index contributed by atoms with van der Waals surface area (Å²) < 4.78 is 14.5. The third-order valence-corrected chi connectivity index (χ3v) is 4.55. The minimum atomic E-state index is -0.397. The highest BCUT2D eigenvalue weighted by molar-refractivity contribution is 7.21. The van der Waals surface area contributed by atoms with E-state index >= 15 is 0 Å². The van der Waals surface area contributed by atoms with Gasteiger partial charge in [-0.3, -0.25) is 4.79 Å². The summed E-state index contributed by atoms with van der Waals surface area (Å²) in [6.45, 7) is 0.759. The van der Waals surface area contributed by atoms with Crippen molar-refractivity contribution in [2.75, 3.05) is 25.9 Å².